The molecule has 1 saturated heterocycles. The van der Waals surface area contributed by atoms with E-state index in [4.69, 9.17) is 0 Å². The maximum absolute atomic E-state index is 12.1. The monoisotopic (exact) mass is 230 g/mol. The van der Waals surface area contributed by atoms with Gasteiger partial charge in [-0.1, -0.05) is 24.3 Å². The Morgan fingerprint density at radius 2 is 1.88 bits per heavy atom. The molecule has 90 valence electrons. The number of rotatable bonds is 2. The molecule has 0 bridgehead atoms. The van der Waals surface area contributed by atoms with E-state index in [1.807, 2.05) is 7.05 Å². The Balaban J connectivity index is 1.75. The lowest BCUT2D eigenvalue weighted by atomic mass is 10.1. The van der Waals surface area contributed by atoms with Crippen molar-refractivity contribution in [2.45, 2.75) is 31.3 Å². The van der Waals surface area contributed by atoms with Crippen LogP contribution in [0.1, 0.15) is 17.5 Å². The molecule has 2 aliphatic rings. The number of nitrogens with zero attached hydrogens (tertiary/aromatic N) is 1. The Labute approximate surface area is 102 Å². The number of fused-ring (bicyclic) bond motifs is 1. The highest BCUT2D eigenvalue weighted by Crippen LogP contribution is 2.28. The van der Waals surface area contributed by atoms with Gasteiger partial charge in [0, 0.05) is 12.6 Å². The van der Waals surface area contributed by atoms with E-state index >= 15 is 0 Å². The molecule has 1 amide bonds. The van der Waals surface area contributed by atoms with Crippen LogP contribution in [0.25, 0.3) is 0 Å². The number of hydrogen-bond acceptors (Lipinski definition) is 2. The molecular formula is C14H18N2O. The largest absolute Gasteiger partial charge is 0.338 e. The topological polar surface area (TPSA) is 32.3 Å². The summed E-state index contributed by atoms with van der Waals surface area (Å²) in [6.45, 7) is 0.906. The van der Waals surface area contributed by atoms with Crippen molar-refractivity contribution >= 4 is 5.91 Å². The molecule has 0 saturated carbocycles. The molecule has 3 rings (SSSR count). The van der Waals surface area contributed by atoms with Crippen LogP contribution in [0.4, 0.5) is 0 Å². The highest BCUT2D eigenvalue weighted by atomic mass is 16.2. The molecule has 1 N–H and O–H groups in total. The molecule has 0 aromatic heterocycles. The van der Waals surface area contributed by atoms with E-state index < -0.39 is 0 Å². The molecule has 1 unspecified atom stereocenters. The molecule has 1 heterocycles. The average molecular weight is 230 g/mol. The van der Waals surface area contributed by atoms with Crippen LogP contribution in [0.15, 0.2) is 24.3 Å². The van der Waals surface area contributed by atoms with Gasteiger partial charge < -0.3 is 10.2 Å². The molecule has 0 spiro atoms. The molecule has 1 aliphatic heterocycles. The van der Waals surface area contributed by atoms with Gasteiger partial charge in [0.25, 0.3) is 0 Å². The van der Waals surface area contributed by atoms with Crippen LogP contribution in [0.5, 0.6) is 0 Å². The van der Waals surface area contributed by atoms with Crippen molar-refractivity contribution in [2.24, 2.45) is 0 Å². The Morgan fingerprint density at radius 3 is 2.41 bits per heavy atom. The van der Waals surface area contributed by atoms with Gasteiger partial charge >= 0.3 is 0 Å². The fraction of sp³-hybridized carbons (Fsp3) is 0.500. The highest BCUT2D eigenvalue weighted by molar-refractivity contribution is 5.84. The van der Waals surface area contributed by atoms with Crippen LogP contribution in [0.2, 0.25) is 0 Å². The van der Waals surface area contributed by atoms with Gasteiger partial charge in [0.2, 0.25) is 5.91 Å². The fourth-order valence-corrected chi connectivity index (χ4v) is 3.09. The molecule has 1 aromatic rings. The van der Waals surface area contributed by atoms with Gasteiger partial charge in [0.15, 0.2) is 0 Å². The van der Waals surface area contributed by atoms with E-state index in [2.05, 4.69) is 34.5 Å². The minimum absolute atomic E-state index is 0.0405. The number of likely N-dealkylation sites (tertiary alicyclic amines) is 1. The number of likely N-dealkylation sites (N-methyl/N-ethyl adjacent to an activating group) is 1. The number of amides is 1. The average Bonchev–Trinajstić information content (AvgIpc) is 2.91. The Kier molecular flexibility index (Phi) is 2.63. The minimum Gasteiger partial charge on any atom is -0.338 e. The van der Waals surface area contributed by atoms with E-state index in [1.165, 1.54) is 11.1 Å². The second kappa shape index (κ2) is 4.15. The Bertz CT molecular complexity index is 419. The summed E-state index contributed by atoms with van der Waals surface area (Å²) < 4.78 is 0. The predicted octanol–water partition coefficient (Wildman–Crippen LogP) is 0.974. The zero-order chi connectivity index (χ0) is 11.8. The lowest BCUT2D eigenvalue weighted by Gasteiger charge is -2.24. The summed E-state index contributed by atoms with van der Waals surface area (Å²) in [4.78, 5) is 14.2. The van der Waals surface area contributed by atoms with Crippen LogP contribution < -0.4 is 5.32 Å². The van der Waals surface area contributed by atoms with E-state index in [-0.39, 0.29) is 11.9 Å². The van der Waals surface area contributed by atoms with Gasteiger partial charge in [0.1, 0.15) is 0 Å². The summed E-state index contributed by atoms with van der Waals surface area (Å²) in [6.07, 6.45) is 3.00. The minimum atomic E-state index is 0.0405. The van der Waals surface area contributed by atoms with Crippen molar-refractivity contribution in [3.05, 3.63) is 35.4 Å². The number of benzene rings is 1. The van der Waals surface area contributed by atoms with Gasteiger partial charge in [-0.3, -0.25) is 4.79 Å². The summed E-state index contributed by atoms with van der Waals surface area (Å²) in [6, 6.07) is 8.97. The Hall–Kier alpha value is -1.35. The third-order valence-electron chi connectivity index (χ3n) is 4.06. The van der Waals surface area contributed by atoms with Crippen molar-refractivity contribution in [1.82, 2.24) is 10.2 Å². The fourth-order valence-electron chi connectivity index (χ4n) is 3.09. The van der Waals surface area contributed by atoms with Crippen molar-refractivity contribution in [3.63, 3.8) is 0 Å². The summed E-state index contributed by atoms with van der Waals surface area (Å²) in [5.41, 5.74) is 2.83. The first-order chi connectivity index (χ1) is 8.29. The van der Waals surface area contributed by atoms with Crippen molar-refractivity contribution in [2.75, 3.05) is 13.6 Å². The van der Waals surface area contributed by atoms with E-state index in [0.717, 1.165) is 25.8 Å². The lowest BCUT2D eigenvalue weighted by Crippen LogP contribution is -2.42. The second-order valence-corrected chi connectivity index (χ2v) is 4.99. The summed E-state index contributed by atoms with van der Waals surface area (Å²) in [7, 11) is 1.87. The number of carbonyl (C=O) groups is 1. The van der Waals surface area contributed by atoms with Crippen LogP contribution in [-0.4, -0.2) is 36.5 Å². The quantitative estimate of drug-likeness (QED) is 0.821. The molecule has 0 radical (unpaired) electrons. The molecule has 3 nitrogen and oxygen atoms in total. The highest BCUT2D eigenvalue weighted by Gasteiger charge is 2.37. The Morgan fingerprint density at radius 1 is 1.24 bits per heavy atom. The number of carbonyl (C=O) groups excluding carboxylic acids is 1. The van der Waals surface area contributed by atoms with Crippen LogP contribution in [0.3, 0.4) is 0 Å². The molecule has 1 aromatic carbocycles. The summed E-state index contributed by atoms with van der Waals surface area (Å²) >= 11 is 0. The first-order valence-electron chi connectivity index (χ1n) is 6.34. The van der Waals surface area contributed by atoms with Gasteiger partial charge in [-0.2, -0.15) is 0 Å². The van der Waals surface area contributed by atoms with Crippen molar-refractivity contribution < 1.29 is 4.79 Å². The second-order valence-electron chi connectivity index (χ2n) is 4.99. The van der Waals surface area contributed by atoms with Gasteiger partial charge in [0.05, 0.1) is 6.04 Å². The van der Waals surface area contributed by atoms with Gasteiger partial charge in [-0.25, -0.2) is 0 Å². The molecule has 1 fully saturated rings. The predicted molar refractivity (Wildman–Crippen MR) is 66.8 cm³/mol. The third kappa shape index (κ3) is 1.75. The molecule has 1 atom stereocenters. The number of nitrogens with one attached hydrogen (secondary N) is 1. The molecule has 17 heavy (non-hydrogen) atoms. The SMILES string of the molecule is CNC1CCN(C2Cc3ccccc3C2)C1=O. The van der Waals surface area contributed by atoms with Crippen molar-refractivity contribution in [3.8, 4) is 0 Å². The van der Waals surface area contributed by atoms with Gasteiger partial charge in [-0.15, -0.1) is 0 Å². The summed E-state index contributed by atoms with van der Waals surface area (Å²) in [5.74, 6) is 0.283. The number of hydrogen-bond donors (Lipinski definition) is 1. The first-order valence-corrected chi connectivity index (χ1v) is 6.34. The molecule has 3 heteroatoms. The van der Waals surface area contributed by atoms with Crippen LogP contribution in [-0.2, 0) is 17.6 Å². The van der Waals surface area contributed by atoms with Crippen molar-refractivity contribution in [1.29, 1.82) is 0 Å². The molecule has 1 aliphatic carbocycles. The maximum Gasteiger partial charge on any atom is 0.240 e. The van der Waals surface area contributed by atoms with Crippen LogP contribution in [0, 0.1) is 0 Å². The van der Waals surface area contributed by atoms with Gasteiger partial charge in [-0.05, 0) is 37.4 Å². The maximum atomic E-state index is 12.1. The van der Waals surface area contributed by atoms with E-state index in [0.29, 0.717) is 6.04 Å². The zero-order valence-electron chi connectivity index (χ0n) is 10.1. The zero-order valence-corrected chi connectivity index (χ0v) is 10.1. The van der Waals surface area contributed by atoms with E-state index in [1.54, 1.807) is 0 Å². The first kappa shape index (κ1) is 10.8. The lowest BCUT2D eigenvalue weighted by molar-refractivity contribution is -0.131. The van der Waals surface area contributed by atoms with Crippen LogP contribution >= 0.6 is 0 Å². The molecular weight excluding hydrogens is 212 g/mol. The third-order valence-corrected chi connectivity index (χ3v) is 4.06. The smallest absolute Gasteiger partial charge is 0.240 e. The van der Waals surface area contributed by atoms with E-state index in [9.17, 15) is 4.79 Å². The normalized spacial score (nSPS) is 24.4. The standard InChI is InChI=1S/C14H18N2O/c1-15-13-6-7-16(14(13)17)12-8-10-4-2-3-5-11(10)9-12/h2-5,12-13,15H,6-9H2,1H3. The summed E-state index contributed by atoms with van der Waals surface area (Å²) in [5, 5.41) is 3.10.